The van der Waals surface area contributed by atoms with Crippen LogP contribution in [-0.4, -0.2) is 35.8 Å². The Morgan fingerprint density at radius 2 is 0.318 bits per heavy atom. The van der Waals surface area contributed by atoms with Crippen molar-refractivity contribution in [2.75, 3.05) is 0 Å². The van der Waals surface area contributed by atoms with Crippen LogP contribution >= 0.6 is 0 Å². The van der Waals surface area contributed by atoms with Crippen molar-refractivity contribution < 1.29 is 94.1 Å². The summed E-state index contributed by atoms with van der Waals surface area (Å²) in [5, 5.41) is 60.2. The summed E-state index contributed by atoms with van der Waals surface area (Å²) in [6.45, 7) is 0. The zero-order valence-corrected chi connectivity index (χ0v) is 28.2. The molecule has 0 saturated heterocycles. The quantitative estimate of drug-likeness (QED) is 0.0918. The number of unbranched alkanes of at least 4 members (excludes halogenated alkanes) is 15. The summed E-state index contributed by atoms with van der Waals surface area (Å²) >= 11 is 0. The Kier molecular flexibility index (Phi) is 47.8. The molecule has 0 aliphatic carbocycles. The van der Waals surface area contributed by atoms with Crippen LogP contribution in [-0.2, 0) is 63.5 Å². The Labute approximate surface area is 283 Å². The van der Waals surface area contributed by atoms with Gasteiger partial charge in [-0.05, 0) is 77.0 Å². The first-order valence-electron chi connectivity index (χ1n) is 15.1. The number of carbonyl (C=O) groups is 6. The maximum Gasteiger partial charge on any atom is 3.00 e. The topological polar surface area (TPSA) is 241 Å². The third-order valence-electron chi connectivity index (χ3n) is 6.04. The summed E-state index contributed by atoms with van der Waals surface area (Å²) in [7, 11) is 0. The van der Waals surface area contributed by atoms with E-state index >= 15 is 0 Å². The molecule has 0 saturated carbocycles. The maximum atomic E-state index is 10.0. The zero-order chi connectivity index (χ0) is 32.4. The molecule has 14 heteroatoms. The minimum Gasteiger partial charge on any atom is -0.550 e. The molecule has 2 radical (unpaired) electrons. The molecule has 0 unspecified atom stereocenters. The molecule has 0 atom stereocenters. The van der Waals surface area contributed by atoms with Gasteiger partial charge in [0, 0.05) is 35.8 Å². The molecule has 0 fully saturated rings. The van der Waals surface area contributed by atoms with Gasteiger partial charge in [-0.25, -0.2) is 0 Å². The van der Waals surface area contributed by atoms with Gasteiger partial charge in [-0.1, -0.05) is 77.0 Å². The second kappa shape index (κ2) is 40.9. The van der Waals surface area contributed by atoms with E-state index in [1.54, 1.807) is 0 Å². The van der Waals surface area contributed by atoms with Gasteiger partial charge in [0.1, 0.15) is 0 Å². The first-order valence-corrected chi connectivity index (χ1v) is 15.1. The summed E-state index contributed by atoms with van der Waals surface area (Å²) in [6.07, 6.45) is 15.7. The normalized spacial score (nSPS) is 9.55. The second-order valence-electron chi connectivity index (χ2n) is 10.1. The number of carboxylic acids is 6. The molecule has 0 spiro atoms. The number of hydrogen-bond acceptors (Lipinski definition) is 12. The fourth-order valence-electron chi connectivity index (χ4n) is 3.74. The van der Waals surface area contributed by atoms with E-state index in [9.17, 15) is 59.4 Å². The predicted octanol–water partition coefficient (Wildman–Crippen LogP) is -1.18. The second-order valence-corrected chi connectivity index (χ2v) is 10.1. The van der Waals surface area contributed by atoms with E-state index in [1.165, 1.54) is 0 Å². The summed E-state index contributed by atoms with van der Waals surface area (Å²) < 4.78 is 0. The third kappa shape index (κ3) is 63.2. The van der Waals surface area contributed by atoms with Crippen molar-refractivity contribution in [3.8, 4) is 0 Å². The van der Waals surface area contributed by atoms with E-state index in [1.807, 2.05) is 0 Å². The molecule has 0 N–H and O–H groups in total. The van der Waals surface area contributed by atoms with E-state index in [0.29, 0.717) is 38.5 Å². The molecule has 12 nitrogen and oxygen atoms in total. The van der Waals surface area contributed by atoms with Crippen molar-refractivity contribution in [3.05, 3.63) is 0 Å². The summed E-state index contributed by atoms with van der Waals surface area (Å²) in [6, 6.07) is 0. The Bertz CT molecular complexity index is 578. The van der Waals surface area contributed by atoms with Crippen LogP contribution in [0.15, 0.2) is 0 Å². The van der Waals surface area contributed by atoms with E-state index in [-0.39, 0.29) is 73.2 Å². The largest absolute Gasteiger partial charge is 3.00 e. The first kappa shape index (κ1) is 51.5. The van der Waals surface area contributed by atoms with Crippen molar-refractivity contribution in [3.63, 3.8) is 0 Å². The van der Waals surface area contributed by atoms with E-state index in [4.69, 9.17) is 0 Å². The molecule has 0 bridgehead atoms. The van der Waals surface area contributed by atoms with Gasteiger partial charge in [0.15, 0.2) is 0 Å². The van der Waals surface area contributed by atoms with E-state index in [0.717, 1.165) is 77.0 Å². The van der Waals surface area contributed by atoms with Crippen molar-refractivity contribution in [1.29, 1.82) is 0 Å². The van der Waals surface area contributed by atoms with Crippen molar-refractivity contribution in [2.24, 2.45) is 0 Å². The Balaban J connectivity index is -0.000000169. The van der Waals surface area contributed by atoms with Gasteiger partial charge in [0.2, 0.25) is 0 Å². The van der Waals surface area contributed by atoms with Gasteiger partial charge in [-0.3, -0.25) is 0 Å². The Hall–Kier alpha value is -2.12. The van der Waals surface area contributed by atoms with Crippen molar-refractivity contribution in [1.82, 2.24) is 0 Å². The van der Waals surface area contributed by atoms with Crippen LogP contribution in [0.3, 0.4) is 0 Å². The molecule has 0 aromatic carbocycles. The average Bonchev–Trinajstić information content (AvgIpc) is 2.88. The minimum absolute atomic E-state index is 0. The maximum absolute atomic E-state index is 10.0. The van der Waals surface area contributed by atoms with Gasteiger partial charge < -0.3 is 59.4 Å². The van der Waals surface area contributed by atoms with Crippen LogP contribution in [0.5, 0.6) is 0 Å². The van der Waals surface area contributed by atoms with Crippen LogP contribution in [0, 0.1) is 0 Å². The molecule has 0 amide bonds. The predicted molar refractivity (Wildman–Crippen MR) is 141 cm³/mol. The minimum atomic E-state index is -0.998. The number of carboxylic acid groups (broad SMARTS) is 6. The van der Waals surface area contributed by atoms with Crippen molar-refractivity contribution >= 4 is 35.8 Å². The number of rotatable bonds is 27. The molecule has 0 aliphatic heterocycles. The van der Waals surface area contributed by atoms with Gasteiger partial charge in [0.25, 0.3) is 0 Å². The molecular weight excluding hydrogens is 656 g/mol. The summed E-state index contributed by atoms with van der Waals surface area (Å²) in [5.74, 6) is -5.99. The van der Waals surface area contributed by atoms with Gasteiger partial charge in [-0.15, -0.1) is 0 Å². The number of hydrogen-bond donors (Lipinski definition) is 0. The van der Waals surface area contributed by atoms with Crippen molar-refractivity contribution in [2.45, 2.75) is 154 Å². The standard InChI is InChI=1S/3C10H18O4.2Cr/c3*11-9(12)7-5-3-1-2-4-6-8-10(13)14;;/h3*1-8H2,(H,11,12)(H,13,14);;/q;;;2*+3/p-6. The van der Waals surface area contributed by atoms with Gasteiger partial charge in [0.05, 0.1) is 0 Å². The van der Waals surface area contributed by atoms with Crippen LogP contribution in [0.25, 0.3) is 0 Å². The molecule has 0 aromatic rings. The molecule has 0 heterocycles. The fraction of sp³-hybridized carbons (Fsp3) is 0.800. The van der Waals surface area contributed by atoms with Crippen LogP contribution in [0.4, 0.5) is 0 Å². The van der Waals surface area contributed by atoms with Crippen LogP contribution in [0.1, 0.15) is 154 Å². The first-order chi connectivity index (χ1) is 19.9. The third-order valence-corrected chi connectivity index (χ3v) is 6.04. The molecule has 0 aliphatic rings. The Morgan fingerprint density at radius 3 is 0.409 bits per heavy atom. The van der Waals surface area contributed by atoms with Crippen LogP contribution in [0.2, 0.25) is 0 Å². The molecule has 252 valence electrons. The monoisotopic (exact) mass is 704 g/mol. The Morgan fingerprint density at radius 1 is 0.227 bits per heavy atom. The number of aliphatic carboxylic acids is 6. The fourth-order valence-corrected chi connectivity index (χ4v) is 3.74. The summed E-state index contributed by atoms with van der Waals surface area (Å²) in [4.78, 5) is 60.2. The van der Waals surface area contributed by atoms with E-state index < -0.39 is 35.8 Å². The van der Waals surface area contributed by atoms with E-state index in [2.05, 4.69) is 0 Å². The zero-order valence-electron chi connectivity index (χ0n) is 25.7. The SMILES string of the molecule is O=C([O-])CCCCCCCCC(=O)[O-].O=C([O-])CCCCCCCCC(=O)[O-].O=C([O-])CCCCCCCCC(=O)[O-].[Cr+3].[Cr+3]. The van der Waals surface area contributed by atoms with Crippen LogP contribution < -0.4 is 30.6 Å². The molecule has 0 rings (SSSR count). The molecule has 44 heavy (non-hydrogen) atoms. The molecule has 0 aromatic heterocycles. The average molecular weight is 705 g/mol. The van der Waals surface area contributed by atoms with Gasteiger partial charge >= 0.3 is 34.7 Å². The smallest absolute Gasteiger partial charge is 0.550 e. The summed E-state index contributed by atoms with van der Waals surface area (Å²) in [5.41, 5.74) is 0. The van der Waals surface area contributed by atoms with Gasteiger partial charge in [-0.2, -0.15) is 0 Å². The molecular formula is C30H48Cr2O12. The number of carbonyl (C=O) groups excluding carboxylic acids is 6.